The first-order chi connectivity index (χ1) is 8.66. The number of anilines is 1. The summed E-state index contributed by atoms with van der Waals surface area (Å²) in [6.45, 7) is 0.385. The molecule has 7 heteroatoms. The van der Waals surface area contributed by atoms with Crippen LogP contribution in [0.2, 0.25) is 0 Å². The molecule has 0 bridgehead atoms. The van der Waals surface area contributed by atoms with Crippen LogP contribution in [0.5, 0.6) is 0 Å². The van der Waals surface area contributed by atoms with Crippen LogP contribution in [0.25, 0.3) is 0 Å². The van der Waals surface area contributed by atoms with Gasteiger partial charge >= 0.3 is 0 Å². The minimum Gasteiger partial charge on any atom is -0.374 e. The second-order valence-electron chi connectivity index (χ2n) is 3.47. The molecule has 0 atom stereocenters. The van der Waals surface area contributed by atoms with E-state index in [1.165, 1.54) is 6.07 Å². The highest BCUT2D eigenvalue weighted by atomic mass is 79.9. The van der Waals surface area contributed by atoms with E-state index < -0.39 is 4.92 Å². The number of benzene rings is 1. The topological polar surface area (TPSA) is 81.0 Å². The van der Waals surface area contributed by atoms with Crippen molar-refractivity contribution in [3.63, 3.8) is 0 Å². The SMILES string of the molecule is O=[N+]([O-])c1cc(Br)ccc1NCc1cnccn1. The summed E-state index contributed by atoms with van der Waals surface area (Å²) in [5.41, 5.74) is 1.19. The lowest BCUT2D eigenvalue weighted by Gasteiger charge is -2.06. The third-order valence-electron chi connectivity index (χ3n) is 2.23. The van der Waals surface area contributed by atoms with Gasteiger partial charge in [-0.25, -0.2) is 0 Å². The van der Waals surface area contributed by atoms with Crippen molar-refractivity contribution in [2.75, 3.05) is 5.32 Å². The van der Waals surface area contributed by atoms with Gasteiger partial charge in [-0.05, 0) is 12.1 Å². The van der Waals surface area contributed by atoms with Gasteiger partial charge in [0.25, 0.3) is 5.69 Å². The Labute approximate surface area is 111 Å². The quantitative estimate of drug-likeness (QED) is 0.694. The second-order valence-corrected chi connectivity index (χ2v) is 4.38. The normalized spacial score (nSPS) is 10.1. The predicted octanol–water partition coefficient (Wildman–Crippen LogP) is 2.76. The van der Waals surface area contributed by atoms with Crippen molar-refractivity contribution in [2.45, 2.75) is 6.54 Å². The van der Waals surface area contributed by atoms with Gasteiger partial charge in [-0.2, -0.15) is 0 Å². The summed E-state index contributed by atoms with van der Waals surface area (Å²) < 4.78 is 0.666. The predicted molar refractivity (Wildman–Crippen MR) is 70.2 cm³/mol. The van der Waals surface area contributed by atoms with Crippen LogP contribution in [0.4, 0.5) is 11.4 Å². The minimum absolute atomic E-state index is 0.0215. The molecule has 1 aromatic carbocycles. The molecule has 2 aromatic rings. The molecule has 0 spiro atoms. The number of nitrogens with zero attached hydrogens (tertiary/aromatic N) is 3. The molecular weight excluding hydrogens is 300 g/mol. The standard InChI is InChI=1S/C11H9BrN4O2/c12-8-1-2-10(11(5-8)16(17)18)15-7-9-6-13-3-4-14-9/h1-6,15H,7H2. The average molecular weight is 309 g/mol. The van der Waals surface area contributed by atoms with E-state index in [1.54, 1.807) is 30.7 Å². The molecule has 0 amide bonds. The Hall–Kier alpha value is -2.02. The van der Waals surface area contributed by atoms with E-state index in [0.29, 0.717) is 16.7 Å². The van der Waals surface area contributed by atoms with Crippen LogP contribution in [-0.2, 0) is 6.54 Å². The molecule has 1 heterocycles. The largest absolute Gasteiger partial charge is 0.374 e. The minimum atomic E-state index is -0.427. The lowest BCUT2D eigenvalue weighted by Crippen LogP contribution is -2.04. The van der Waals surface area contributed by atoms with Crippen molar-refractivity contribution in [1.82, 2.24) is 9.97 Å². The van der Waals surface area contributed by atoms with Crippen LogP contribution in [-0.4, -0.2) is 14.9 Å². The number of nitrogens with one attached hydrogen (secondary N) is 1. The lowest BCUT2D eigenvalue weighted by molar-refractivity contribution is -0.384. The van der Waals surface area contributed by atoms with Crippen LogP contribution in [0, 0.1) is 10.1 Å². The Morgan fingerprint density at radius 1 is 1.39 bits per heavy atom. The van der Waals surface area contributed by atoms with Crippen molar-refractivity contribution in [3.05, 3.63) is 57.1 Å². The summed E-state index contributed by atoms with van der Waals surface area (Å²) in [5, 5.41) is 13.9. The summed E-state index contributed by atoms with van der Waals surface area (Å²) in [5.74, 6) is 0. The summed E-state index contributed by atoms with van der Waals surface area (Å²) in [6.07, 6.45) is 4.76. The molecule has 0 unspecified atom stereocenters. The molecule has 0 radical (unpaired) electrons. The van der Waals surface area contributed by atoms with Crippen molar-refractivity contribution in [3.8, 4) is 0 Å². The first-order valence-electron chi connectivity index (χ1n) is 5.09. The molecule has 0 saturated carbocycles. The van der Waals surface area contributed by atoms with Gasteiger partial charge in [0.1, 0.15) is 5.69 Å². The van der Waals surface area contributed by atoms with E-state index in [9.17, 15) is 10.1 Å². The van der Waals surface area contributed by atoms with E-state index in [-0.39, 0.29) is 5.69 Å². The van der Waals surface area contributed by atoms with E-state index in [0.717, 1.165) is 5.69 Å². The zero-order valence-corrected chi connectivity index (χ0v) is 10.8. The van der Waals surface area contributed by atoms with Crippen LogP contribution in [0.15, 0.2) is 41.3 Å². The van der Waals surface area contributed by atoms with Gasteiger partial charge in [0.2, 0.25) is 0 Å². The maximum Gasteiger partial charge on any atom is 0.293 e. The summed E-state index contributed by atoms with van der Waals surface area (Å²) in [6, 6.07) is 4.85. The Morgan fingerprint density at radius 3 is 2.89 bits per heavy atom. The monoisotopic (exact) mass is 308 g/mol. The van der Waals surface area contributed by atoms with Crippen molar-refractivity contribution >= 4 is 27.3 Å². The van der Waals surface area contributed by atoms with E-state index in [2.05, 4.69) is 31.2 Å². The molecule has 0 aliphatic rings. The number of aromatic nitrogens is 2. The lowest BCUT2D eigenvalue weighted by atomic mass is 10.2. The zero-order chi connectivity index (χ0) is 13.0. The van der Waals surface area contributed by atoms with E-state index in [4.69, 9.17) is 0 Å². The summed E-state index contributed by atoms with van der Waals surface area (Å²) in [7, 11) is 0. The number of rotatable bonds is 4. The Kier molecular flexibility index (Phi) is 3.83. The van der Waals surface area contributed by atoms with Gasteiger partial charge in [0, 0.05) is 22.9 Å². The molecule has 0 saturated heterocycles. The second kappa shape index (κ2) is 5.54. The Morgan fingerprint density at radius 2 is 2.22 bits per heavy atom. The fourth-order valence-electron chi connectivity index (χ4n) is 1.41. The fourth-order valence-corrected chi connectivity index (χ4v) is 1.76. The summed E-state index contributed by atoms with van der Waals surface area (Å²) >= 11 is 3.21. The first-order valence-corrected chi connectivity index (χ1v) is 5.89. The molecule has 2 rings (SSSR count). The smallest absolute Gasteiger partial charge is 0.293 e. The van der Waals surface area contributed by atoms with Crippen LogP contribution < -0.4 is 5.32 Å². The molecule has 18 heavy (non-hydrogen) atoms. The molecule has 1 aromatic heterocycles. The highest BCUT2D eigenvalue weighted by Gasteiger charge is 2.13. The number of nitro benzene ring substituents is 1. The highest BCUT2D eigenvalue weighted by Crippen LogP contribution is 2.28. The average Bonchev–Trinajstić information content (AvgIpc) is 2.38. The van der Waals surface area contributed by atoms with Gasteiger partial charge < -0.3 is 5.32 Å². The van der Waals surface area contributed by atoms with Crippen LogP contribution in [0.1, 0.15) is 5.69 Å². The number of hydrogen-bond donors (Lipinski definition) is 1. The summed E-state index contributed by atoms with van der Waals surface area (Å²) in [4.78, 5) is 18.5. The van der Waals surface area contributed by atoms with Gasteiger partial charge in [-0.3, -0.25) is 20.1 Å². The Balaban J connectivity index is 2.17. The number of hydrogen-bond acceptors (Lipinski definition) is 5. The van der Waals surface area contributed by atoms with Crippen LogP contribution >= 0.6 is 15.9 Å². The molecular formula is C11H9BrN4O2. The van der Waals surface area contributed by atoms with Crippen molar-refractivity contribution in [2.24, 2.45) is 0 Å². The third-order valence-corrected chi connectivity index (χ3v) is 2.73. The van der Waals surface area contributed by atoms with Crippen molar-refractivity contribution in [1.29, 1.82) is 0 Å². The molecule has 1 N–H and O–H groups in total. The molecule has 0 fully saturated rings. The first kappa shape index (κ1) is 12.4. The van der Waals surface area contributed by atoms with Gasteiger partial charge in [-0.15, -0.1) is 0 Å². The van der Waals surface area contributed by atoms with Gasteiger partial charge in [-0.1, -0.05) is 15.9 Å². The number of halogens is 1. The maximum absolute atomic E-state index is 10.9. The fraction of sp³-hybridized carbons (Fsp3) is 0.0909. The molecule has 6 nitrogen and oxygen atoms in total. The van der Waals surface area contributed by atoms with Crippen molar-refractivity contribution < 1.29 is 4.92 Å². The molecule has 92 valence electrons. The molecule has 0 aliphatic heterocycles. The number of nitro groups is 1. The molecule has 0 aliphatic carbocycles. The van der Waals surface area contributed by atoms with Gasteiger partial charge in [0.15, 0.2) is 0 Å². The Bertz CT molecular complexity index is 562. The van der Waals surface area contributed by atoms with Gasteiger partial charge in [0.05, 0.1) is 23.4 Å². The van der Waals surface area contributed by atoms with Crippen LogP contribution in [0.3, 0.4) is 0 Å². The van der Waals surface area contributed by atoms with E-state index >= 15 is 0 Å². The zero-order valence-electron chi connectivity index (χ0n) is 9.21. The maximum atomic E-state index is 10.9. The third kappa shape index (κ3) is 3.01. The van der Waals surface area contributed by atoms with E-state index in [1.807, 2.05) is 0 Å². The highest BCUT2D eigenvalue weighted by molar-refractivity contribution is 9.10.